The summed E-state index contributed by atoms with van der Waals surface area (Å²) in [6.45, 7) is 2.45. The van der Waals surface area contributed by atoms with Crippen molar-refractivity contribution in [1.29, 1.82) is 0 Å². The minimum Gasteiger partial charge on any atom is -0.351 e. The average Bonchev–Trinajstić information content (AvgIpc) is 3.41. The molecule has 0 unspecified atom stereocenters. The predicted octanol–water partition coefficient (Wildman–Crippen LogP) is 4.52. The van der Waals surface area contributed by atoms with Gasteiger partial charge < -0.3 is 10.6 Å². The molecule has 0 fully saturated rings. The summed E-state index contributed by atoms with van der Waals surface area (Å²) >= 11 is 1.40. The highest BCUT2D eigenvalue weighted by molar-refractivity contribution is 7.12. The quantitative estimate of drug-likeness (QED) is 0.433. The number of imidazole rings is 1. The minimum absolute atomic E-state index is 0.103. The summed E-state index contributed by atoms with van der Waals surface area (Å²) in [5.41, 5.74) is 3.53. The smallest absolute Gasteiger partial charge is 0.261 e. The van der Waals surface area contributed by atoms with Crippen LogP contribution in [0.1, 0.15) is 28.1 Å². The van der Waals surface area contributed by atoms with E-state index in [4.69, 9.17) is 4.98 Å². The first kappa shape index (κ1) is 19.8. The maximum absolute atomic E-state index is 12.6. The minimum atomic E-state index is -0.110. The van der Waals surface area contributed by atoms with Crippen LogP contribution >= 0.6 is 11.3 Å². The number of carbonyl (C=O) groups is 2. The van der Waals surface area contributed by atoms with Gasteiger partial charge in [0.2, 0.25) is 5.91 Å². The van der Waals surface area contributed by atoms with E-state index in [2.05, 4.69) is 10.6 Å². The second-order valence-electron chi connectivity index (χ2n) is 6.94. The Hall–Kier alpha value is -3.45. The summed E-state index contributed by atoms with van der Waals surface area (Å²) in [7, 11) is 0. The van der Waals surface area contributed by atoms with Crippen molar-refractivity contribution in [2.45, 2.75) is 19.8 Å². The van der Waals surface area contributed by atoms with Gasteiger partial charge in [0.15, 0.2) is 0 Å². The number of amides is 2. The number of hydrogen-bond acceptors (Lipinski definition) is 4. The number of aromatic nitrogens is 2. The van der Waals surface area contributed by atoms with Gasteiger partial charge in [-0.15, -0.1) is 11.3 Å². The van der Waals surface area contributed by atoms with Crippen LogP contribution in [0, 0.1) is 6.92 Å². The number of fused-ring (bicyclic) bond motifs is 1. The molecule has 0 saturated carbocycles. The number of pyridine rings is 1. The lowest BCUT2D eigenvalue weighted by atomic mass is 10.1. The van der Waals surface area contributed by atoms with Crippen LogP contribution in [-0.4, -0.2) is 27.7 Å². The van der Waals surface area contributed by atoms with E-state index in [1.54, 1.807) is 6.07 Å². The molecule has 0 aliphatic carbocycles. The van der Waals surface area contributed by atoms with Crippen molar-refractivity contribution in [2.24, 2.45) is 0 Å². The monoisotopic (exact) mass is 418 g/mol. The number of nitrogens with zero attached hydrogens (tertiary/aromatic N) is 2. The average molecular weight is 419 g/mol. The number of carbonyl (C=O) groups excluding carboxylic acids is 2. The lowest BCUT2D eigenvalue weighted by Gasteiger charge is -2.08. The molecule has 4 rings (SSSR count). The zero-order valence-corrected chi connectivity index (χ0v) is 17.4. The topological polar surface area (TPSA) is 75.5 Å². The first-order chi connectivity index (χ1) is 14.6. The van der Waals surface area contributed by atoms with Gasteiger partial charge in [0, 0.05) is 24.7 Å². The van der Waals surface area contributed by atoms with Crippen LogP contribution in [0.2, 0.25) is 0 Å². The first-order valence-electron chi connectivity index (χ1n) is 9.78. The third-order valence-electron chi connectivity index (χ3n) is 4.76. The standard InChI is InChI=1S/C23H22N4O2S/c1-16-8-6-14-27-21(16)26-20(17-9-3-2-4-10-17)22(27)25-19(28)12-5-13-24-23(29)18-11-7-15-30-18/h2-4,6-11,14-15H,5,12-13H2,1H3,(H,24,29)(H,25,28). The summed E-state index contributed by atoms with van der Waals surface area (Å²) in [6, 6.07) is 17.4. The van der Waals surface area contributed by atoms with Crippen molar-refractivity contribution in [3.63, 3.8) is 0 Å². The summed E-state index contributed by atoms with van der Waals surface area (Å²) in [4.78, 5) is 30.1. The molecule has 6 nitrogen and oxygen atoms in total. The van der Waals surface area contributed by atoms with Crippen LogP contribution in [0.3, 0.4) is 0 Å². The molecule has 0 aliphatic heterocycles. The highest BCUT2D eigenvalue weighted by atomic mass is 32.1. The maximum atomic E-state index is 12.6. The van der Waals surface area contributed by atoms with Crippen molar-refractivity contribution in [2.75, 3.05) is 11.9 Å². The number of rotatable bonds is 7. The Labute approximate surface area is 178 Å². The van der Waals surface area contributed by atoms with E-state index in [9.17, 15) is 9.59 Å². The largest absolute Gasteiger partial charge is 0.351 e. The Morgan fingerprint density at radius 1 is 1.07 bits per heavy atom. The van der Waals surface area contributed by atoms with Crippen LogP contribution in [0.25, 0.3) is 16.9 Å². The number of anilines is 1. The Kier molecular flexibility index (Phi) is 5.90. The highest BCUT2D eigenvalue weighted by Gasteiger charge is 2.17. The molecule has 0 atom stereocenters. The second kappa shape index (κ2) is 8.92. The Morgan fingerprint density at radius 3 is 2.67 bits per heavy atom. The van der Waals surface area contributed by atoms with Crippen LogP contribution < -0.4 is 10.6 Å². The third kappa shape index (κ3) is 4.26. The molecule has 30 heavy (non-hydrogen) atoms. The normalized spacial score (nSPS) is 10.8. The van der Waals surface area contributed by atoms with Gasteiger partial charge in [0.25, 0.3) is 5.91 Å². The molecule has 0 spiro atoms. The molecule has 0 aliphatic rings. The summed E-state index contributed by atoms with van der Waals surface area (Å²) in [6.07, 6.45) is 2.76. The van der Waals surface area contributed by atoms with Gasteiger partial charge in [-0.1, -0.05) is 42.5 Å². The molecule has 4 aromatic rings. The van der Waals surface area contributed by atoms with Crippen LogP contribution in [0.15, 0.2) is 66.2 Å². The zero-order valence-electron chi connectivity index (χ0n) is 16.6. The highest BCUT2D eigenvalue weighted by Crippen LogP contribution is 2.29. The fraction of sp³-hybridized carbons (Fsp3) is 0.174. The van der Waals surface area contributed by atoms with E-state index in [0.29, 0.717) is 30.1 Å². The van der Waals surface area contributed by atoms with Gasteiger partial charge in [-0.3, -0.25) is 14.0 Å². The Morgan fingerprint density at radius 2 is 1.90 bits per heavy atom. The molecule has 7 heteroatoms. The number of hydrogen-bond donors (Lipinski definition) is 2. The lowest BCUT2D eigenvalue weighted by molar-refractivity contribution is -0.116. The summed E-state index contributed by atoms with van der Waals surface area (Å²) < 4.78 is 1.91. The van der Waals surface area contributed by atoms with Crippen molar-refractivity contribution in [3.05, 3.63) is 76.6 Å². The van der Waals surface area contributed by atoms with E-state index in [1.807, 2.05) is 71.4 Å². The number of benzene rings is 1. The lowest BCUT2D eigenvalue weighted by Crippen LogP contribution is -2.24. The number of nitrogens with one attached hydrogen (secondary N) is 2. The predicted molar refractivity (Wildman–Crippen MR) is 120 cm³/mol. The third-order valence-corrected chi connectivity index (χ3v) is 5.63. The SMILES string of the molecule is Cc1cccn2c(NC(=O)CCCNC(=O)c3cccs3)c(-c3ccccc3)nc12. The van der Waals surface area contributed by atoms with Gasteiger partial charge >= 0.3 is 0 Å². The van der Waals surface area contributed by atoms with Crippen molar-refractivity contribution in [3.8, 4) is 11.3 Å². The second-order valence-corrected chi connectivity index (χ2v) is 7.89. The Bertz CT molecular complexity index is 1170. The fourth-order valence-corrected chi connectivity index (χ4v) is 3.90. The molecule has 1 aromatic carbocycles. The van der Waals surface area contributed by atoms with Crippen LogP contribution in [0.5, 0.6) is 0 Å². The van der Waals surface area contributed by atoms with Gasteiger partial charge in [0.05, 0.1) is 4.88 Å². The molecule has 0 bridgehead atoms. The number of aryl methyl sites for hydroxylation is 1. The molecule has 152 valence electrons. The molecule has 0 radical (unpaired) electrons. The summed E-state index contributed by atoms with van der Waals surface area (Å²) in [5.74, 6) is 0.447. The molecule has 3 aromatic heterocycles. The molecule has 2 amide bonds. The number of thiophene rings is 1. The van der Waals surface area contributed by atoms with Gasteiger partial charge in [-0.25, -0.2) is 4.98 Å². The molecule has 3 heterocycles. The zero-order chi connectivity index (χ0) is 20.9. The maximum Gasteiger partial charge on any atom is 0.261 e. The van der Waals surface area contributed by atoms with Gasteiger partial charge in [0.1, 0.15) is 17.2 Å². The summed E-state index contributed by atoms with van der Waals surface area (Å²) in [5, 5.41) is 7.74. The van der Waals surface area contributed by atoms with E-state index in [-0.39, 0.29) is 11.8 Å². The van der Waals surface area contributed by atoms with E-state index < -0.39 is 0 Å². The van der Waals surface area contributed by atoms with E-state index in [1.165, 1.54) is 11.3 Å². The first-order valence-corrected chi connectivity index (χ1v) is 10.7. The van der Waals surface area contributed by atoms with Crippen molar-refractivity contribution >= 4 is 34.6 Å². The van der Waals surface area contributed by atoms with E-state index in [0.717, 1.165) is 22.5 Å². The van der Waals surface area contributed by atoms with Gasteiger partial charge in [-0.2, -0.15) is 0 Å². The van der Waals surface area contributed by atoms with Crippen LogP contribution in [0.4, 0.5) is 5.82 Å². The fourth-order valence-electron chi connectivity index (χ4n) is 3.26. The van der Waals surface area contributed by atoms with Gasteiger partial charge in [-0.05, 0) is 36.4 Å². The molecule has 2 N–H and O–H groups in total. The molecule has 0 saturated heterocycles. The van der Waals surface area contributed by atoms with Crippen molar-refractivity contribution < 1.29 is 9.59 Å². The molecular weight excluding hydrogens is 396 g/mol. The molecular formula is C23H22N4O2S. The van der Waals surface area contributed by atoms with E-state index >= 15 is 0 Å². The van der Waals surface area contributed by atoms with Crippen molar-refractivity contribution in [1.82, 2.24) is 14.7 Å². The Balaban J connectivity index is 1.45. The van der Waals surface area contributed by atoms with Crippen LogP contribution in [-0.2, 0) is 4.79 Å².